The van der Waals surface area contributed by atoms with Crippen molar-refractivity contribution < 1.29 is 118 Å². The van der Waals surface area contributed by atoms with Crippen molar-refractivity contribution >= 4 is 104 Å². The molecule has 8 bridgehead atoms. The molecule has 14 rings (SSSR count). The van der Waals surface area contributed by atoms with Crippen LogP contribution in [0.4, 0.5) is 0 Å². The molecule has 12 saturated heterocycles. The van der Waals surface area contributed by atoms with Gasteiger partial charge in [0.2, 0.25) is 0 Å². The standard InChI is InChI=1S/C24H29NO8S.C14H21IO6.C12H23NO4S.C10H17IO4.C2H6O.H2N2.H2O.H2/c1-14(26)31-20-18-9-5-6-11-30-24(21(20)32-15(2)27)33-19(18)13-34-12-10-25-22(28)16-7-3-4-8-17(16)23(25)29;1-8(16)19-12-10-5-3-4-6-18-14(21-11(10)7-15)13(12)20-9(2)17;13-4-6-18-7-9-8-3-1-2-5-16-12(17-9)11(15)10(8)14;11-5-7-6-3-1-2-4-14-10(15-7)9(13)8(6)12;1-2-3;1-2;;/h3-4,7-8,18-21,24H,5-6,9-13H2,1-2H3;10-14H,3-7H2,1-2H3;8-12,14-15H,1-7,13H2;6-10,12-13H,1-5H2;3H,2H2,1H3;1-2H;1H2;1H. The molecule has 540 valence electrons. The molecule has 94 heavy (non-hydrogen) atoms. The van der Waals surface area contributed by atoms with Crippen LogP contribution in [0.1, 0.15) is 134 Å². The third kappa shape index (κ3) is 24.6. The molecule has 20 unspecified atom stereocenters. The Labute approximate surface area is 587 Å². The van der Waals surface area contributed by atoms with Crippen molar-refractivity contribution in [2.75, 3.05) is 78.0 Å². The first-order chi connectivity index (χ1) is 44.8. The Bertz CT molecular complexity index is 2410. The van der Waals surface area contributed by atoms with Gasteiger partial charge in [-0.25, -0.2) is 11.1 Å². The van der Waals surface area contributed by atoms with Gasteiger partial charge in [-0.2, -0.15) is 23.5 Å². The Kier molecular flexibility index (Phi) is 39.7. The van der Waals surface area contributed by atoms with E-state index in [2.05, 4.69) is 45.2 Å². The number of ether oxygens (including phenoxy) is 12. The number of carbonyl (C=O) groups is 6. The summed E-state index contributed by atoms with van der Waals surface area (Å²) in [6.07, 6.45) is 1.69. The number of halogens is 2. The highest BCUT2D eigenvalue weighted by Gasteiger charge is 2.53. The van der Waals surface area contributed by atoms with E-state index < -0.39 is 91.9 Å². The molecular weight excluding hydrogens is 1500 g/mol. The SMILES string of the molecule is CC(=O)OC1C2OCCCCC(C(CI)O2)C1OC(C)=O.CC(=O)OC1C2OCCCCC(C(CSCCN3C(=O)c4ccccc4C3=O)O2)C1OC(C)=O.CCO.N=N.NCCSCC1OC2OCCCCC1C(O)C2O.O.OC1C2OCCCCC(C(CI)O2)C1O.[HH]. The first-order valence-electron chi connectivity index (χ1n) is 32.1. The summed E-state index contributed by atoms with van der Waals surface area (Å²) < 4.78 is 69.7. The van der Waals surface area contributed by atoms with Crippen LogP contribution < -0.4 is 5.73 Å². The minimum atomic E-state index is -0.927. The van der Waals surface area contributed by atoms with E-state index in [-0.39, 0.29) is 85.9 Å². The molecule has 12 fully saturated rings. The first-order valence-corrected chi connectivity index (χ1v) is 37.4. The number of thioether (sulfide) groups is 2. The summed E-state index contributed by atoms with van der Waals surface area (Å²) in [7, 11) is 0. The highest BCUT2D eigenvalue weighted by molar-refractivity contribution is 14.1. The zero-order valence-corrected chi connectivity index (χ0v) is 60.2. The third-order valence-electron chi connectivity index (χ3n) is 16.8. The van der Waals surface area contributed by atoms with Crippen molar-refractivity contribution in [2.45, 2.75) is 210 Å². The van der Waals surface area contributed by atoms with Gasteiger partial charge in [0, 0.05) is 131 Å². The number of rotatable bonds is 15. The van der Waals surface area contributed by atoms with Crippen molar-refractivity contribution in [2.24, 2.45) is 29.4 Å². The minimum Gasteiger partial charge on any atom is -0.458 e. The van der Waals surface area contributed by atoms with Crippen molar-refractivity contribution in [1.82, 2.24) is 4.90 Å². The second-order valence-corrected chi connectivity index (χ2v) is 27.5. The maximum Gasteiger partial charge on any atom is 0.303 e. The van der Waals surface area contributed by atoms with E-state index in [1.807, 2.05) is 0 Å². The van der Waals surface area contributed by atoms with Gasteiger partial charge in [-0.05, 0) is 70.4 Å². The number of nitrogens with zero attached hydrogens (tertiary/aromatic N) is 1. The molecule has 2 amide bonds. The number of hydrogen-bond donors (Lipinski definition) is 8. The number of nitrogens with two attached hydrogens (primary N) is 1. The van der Waals surface area contributed by atoms with Gasteiger partial charge in [-0.15, -0.1) is 0 Å². The lowest BCUT2D eigenvalue weighted by Gasteiger charge is -2.44. The van der Waals surface area contributed by atoms with Crippen molar-refractivity contribution in [3.63, 3.8) is 0 Å². The van der Waals surface area contributed by atoms with Gasteiger partial charge in [0.15, 0.2) is 37.4 Å². The van der Waals surface area contributed by atoms with Crippen LogP contribution in [-0.2, 0) is 76.0 Å². The Morgan fingerprint density at radius 2 is 0.862 bits per heavy atom. The highest BCUT2D eigenvalue weighted by atomic mass is 127. The van der Waals surface area contributed by atoms with Gasteiger partial charge in [-0.3, -0.25) is 33.7 Å². The molecule has 32 heteroatoms. The van der Waals surface area contributed by atoms with E-state index in [0.29, 0.717) is 55.6 Å². The third-order valence-corrected chi connectivity index (χ3v) is 20.7. The lowest BCUT2D eigenvalue weighted by molar-refractivity contribution is -0.285. The summed E-state index contributed by atoms with van der Waals surface area (Å²) in [5.74, 6) is 0.377. The molecule has 11 N–H and O–H groups in total. The maximum absolute atomic E-state index is 12.6. The van der Waals surface area contributed by atoms with E-state index in [1.54, 1.807) is 54.7 Å². The van der Waals surface area contributed by atoms with Crippen LogP contribution in [-0.4, -0.2) is 248 Å². The van der Waals surface area contributed by atoms with E-state index in [4.69, 9.17) is 78.7 Å². The molecule has 0 spiro atoms. The Morgan fingerprint density at radius 1 is 0.543 bits per heavy atom. The molecule has 13 aliphatic rings. The molecule has 20 atom stereocenters. The number of esters is 4. The lowest BCUT2D eigenvalue weighted by Crippen LogP contribution is -2.58. The van der Waals surface area contributed by atoms with Crippen LogP contribution in [0.3, 0.4) is 0 Å². The summed E-state index contributed by atoms with van der Waals surface area (Å²) in [5.41, 5.74) is 16.3. The normalized spacial score (nSPS) is 34.1. The number of fused-ring (bicyclic) bond motifs is 25. The average Bonchev–Trinajstić information content (AvgIpc) is 1.79. The zero-order valence-electron chi connectivity index (χ0n) is 54.2. The lowest BCUT2D eigenvalue weighted by atomic mass is 9.85. The van der Waals surface area contributed by atoms with E-state index in [1.165, 1.54) is 32.6 Å². The number of alkyl halides is 2. The monoisotopic (exact) mass is 1600 g/mol. The molecule has 1 aromatic rings. The quantitative estimate of drug-likeness (QED) is 0.0220. The van der Waals surface area contributed by atoms with Gasteiger partial charge < -0.3 is 93.6 Å². The van der Waals surface area contributed by atoms with Crippen molar-refractivity contribution in [3.8, 4) is 0 Å². The van der Waals surface area contributed by atoms with Crippen LogP contribution in [0, 0.1) is 34.7 Å². The number of nitrogens with one attached hydrogen (secondary N) is 2. The summed E-state index contributed by atoms with van der Waals surface area (Å²) >= 11 is 7.79. The fraction of sp³-hybridized carbons (Fsp3) is 0.806. The summed E-state index contributed by atoms with van der Waals surface area (Å²) in [6, 6.07) is 6.83. The average molecular weight is 1610 g/mol. The summed E-state index contributed by atoms with van der Waals surface area (Å²) in [6.45, 7) is 10.4. The van der Waals surface area contributed by atoms with E-state index in [9.17, 15) is 49.2 Å². The van der Waals surface area contributed by atoms with Crippen LogP contribution in [0.5, 0.6) is 0 Å². The highest BCUT2D eigenvalue weighted by Crippen LogP contribution is 2.40. The predicted molar refractivity (Wildman–Crippen MR) is 361 cm³/mol. The summed E-state index contributed by atoms with van der Waals surface area (Å²) in [5, 5.41) is 47.5. The largest absolute Gasteiger partial charge is 0.458 e. The molecule has 0 saturated carbocycles. The molecule has 0 aliphatic carbocycles. The minimum absolute atomic E-state index is 0. The van der Waals surface area contributed by atoms with Gasteiger partial charge in [-0.1, -0.05) is 83.0 Å². The van der Waals surface area contributed by atoms with Gasteiger partial charge in [0.1, 0.15) is 24.4 Å². The number of imide groups is 1. The number of aliphatic hydroxyl groups excluding tert-OH is 5. The van der Waals surface area contributed by atoms with Crippen LogP contribution >= 0.6 is 68.7 Å². The number of amides is 2. The van der Waals surface area contributed by atoms with E-state index >= 15 is 0 Å². The Hall–Kier alpha value is -2.60. The molecule has 0 radical (unpaired) electrons. The van der Waals surface area contributed by atoms with Crippen molar-refractivity contribution in [1.29, 1.82) is 11.1 Å². The molecule has 0 aromatic heterocycles. The Morgan fingerprint density at radius 3 is 1.27 bits per heavy atom. The topological polar surface area (TPSA) is 423 Å². The van der Waals surface area contributed by atoms with Crippen molar-refractivity contribution in [3.05, 3.63) is 35.4 Å². The fourth-order valence-electron chi connectivity index (χ4n) is 12.6. The fourth-order valence-corrected chi connectivity index (χ4v) is 16.3. The Balaban J connectivity index is 0.000000335. The first kappa shape index (κ1) is 83.8. The van der Waals surface area contributed by atoms with Crippen LogP contribution in [0.15, 0.2) is 24.3 Å². The molecule has 1 aromatic carbocycles. The predicted octanol–water partition coefficient (Wildman–Crippen LogP) is 4.89. The smallest absolute Gasteiger partial charge is 0.303 e. The van der Waals surface area contributed by atoms with E-state index in [0.717, 1.165) is 97.4 Å². The second kappa shape index (κ2) is 44.5. The van der Waals surface area contributed by atoms with Gasteiger partial charge >= 0.3 is 23.9 Å². The number of carbonyl (C=O) groups excluding carboxylic acids is 6. The molecular formula is C62H102I2N4O24S2. The van der Waals surface area contributed by atoms with Crippen LogP contribution in [0.2, 0.25) is 0 Å². The zero-order chi connectivity index (χ0) is 68.1. The molecule has 28 nitrogen and oxygen atoms in total. The number of aliphatic hydroxyl groups is 5. The number of benzene rings is 1. The molecule has 13 heterocycles. The maximum atomic E-state index is 12.6. The van der Waals surface area contributed by atoms with Gasteiger partial charge in [0.05, 0.1) is 47.8 Å². The number of hydrogen-bond acceptors (Lipinski definition) is 28. The summed E-state index contributed by atoms with van der Waals surface area (Å²) in [4.78, 5) is 72.8. The van der Waals surface area contributed by atoms with Gasteiger partial charge in [0.25, 0.3) is 11.8 Å². The van der Waals surface area contributed by atoms with Crippen LogP contribution in [0.25, 0.3) is 0 Å². The second-order valence-electron chi connectivity index (χ2n) is 23.4. The molecule has 13 aliphatic heterocycles.